The number of hydrogen-bond donors (Lipinski definition) is 1. The first-order valence-corrected chi connectivity index (χ1v) is 6.48. The maximum absolute atomic E-state index is 6.21. The van der Waals surface area contributed by atoms with Crippen LogP contribution >= 0.6 is 23.2 Å². The number of rotatable bonds is 4. The normalized spacial score (nSPS) is 12.4. The van der Waals surface area contributed by atoms with Crippen molar-refractivity contribution in [3.63, 3.8) is 0 Å². The van der Waals surface area contributed by atoms with Gasteiger partial charge < -0.3 is 5.32 Å². The first-order valence-electron chi connectivity index (χ1n) is 5.72. The maximum atomic E-state index is 6.21. The Morgan fingerprint density at radius 2 is 2.06 bits per heavy atom. The average molecular weight is 281 g/mol. The van der Waals surface area contributed by atoms with Crippen LogP contribution in [0.3, 0.4) is 0 Å². The van der Waals surface area contributed by atoms with Crippen molar-refractivity contribution in [2.45, 2.75) is 12.5 Å². The lowest BCUT2D eigenvalue weighted by molar-refractivity contribution is 0.590. The summed E-state index contributed by atoms with van der Waals surface area (Å²) in [7, 11) is 1.93. The van der Waals surface area contributed by atoms with Crippen molar-refractivity contribution in [1.82, 2.24) is 10.3 Å². The van der Waals surface area contributed by atoms with Gasteiger partial charge in [0.2, 0.25) is 0 Å². The predicted octanol–water partition coefficient (Wildman–Crippen LogP) is 3.89. The number of halogens is 2. The van der Waals surface area contributed by atoms with Crippen LogP contribution in [0.1, 0.15) is 17.2 Å². The Labute approximate surface area is 117 Å². The van der Waals surface area contributed by atoms with E-state index in [1.54, 1.807) is 12.3 Å². The Hall–Kier alpha value is -1.09. The zero-order valence-electron chi connectivity index (χ0n) is 10.0. The highest BCUT2D eigenvalue weighted by Gasteiger charge is 2.13. The van der Waals surface area contributed by atoms with Crippen molar-refractivity contribution in [3.8, 4) is 0 Å². The van der Waals surface area contributed by atoms with Gasteiger partial charge in [0.05, 0.1) is 10.0 Å². The summed E-state index contributed by atoms with van der Waals surface area (Å²) in [4.78, 5) is 4.14. The highest BCUT2D eigenvalue weighted by Crippen LogP contribution is 2.28. The van der Waals surface area contributed by atoms with Gasteiger partial charge in [-0.05, 0) is 36.7 Å². The second-order valence-electron chi connectivity index (χ2n) is 4.04. The van der Waals surface area contributed by atoms with Crippen molar-refractivity contribution < 1.29 is 0 Å². The number of hydrogen-bond acceptors (Lipinski definition) is 2. The molecule has 1 aromatic heterocycles. The van der Waals surface area contributed by atoms with Gasteiger partial charge in [-0.1, -0.05) is 41.4 Å². The van der Waals surface area contributed by atoms with Gasteiger partial charge in [-0.2, -0.15) is 0 Å². The topological polar surface area (TPSA) is 24.9 Å². The van der Waals surface area contributed by atoms with Gasteiger partial charge >= 0.3 is 0 Å². The van der Waals surface area contributed by atoms with Crippen molar-refractivity contribution in [3.05, 3.63) is 63.9 Å². The van der Waals surface area contributed by atoms with E-state index in [1.165, 1.54) is 0 Å². The molecule has 1 heterocycles. The lowest BCUT2D eigenvalue weighted by atomic mass is 10.0. The molecule has 2 rings (SSSR count). The zero-order chi connectivity index (χ0) is 13.0. The quantitative estimate of drug-likeness (QED) is 0.919. The molecule has 1 N–H and O–H groups in total. The molecule has 0 saturated carbocycles. The van der Waals surface area contributed by atoms with E-state index in [9.17, 15) is 0 Å². The van der Waals surface area contributed by atoms with Gasteiger partial charge in [-0.25, -0.2) is 0 Å². The van der Waals surface area contributed by atoms with Crippen LogP contribution in [0.15, 0.2) is 42.7 Å². The van der Waals surface area contributed by atoms with Crippen molar-refractivity contribution in [2.75, 3.05) is 7.05 Å². The molecular formula is C14H14Cl2N2. The summed E-state index contributed by atoms with van der Waals surface area (Å²) in [6.45, 7) is 0. The molecule has 94 valence electrons. The molecule has 2 aromatic rings. The molecule has 0 spiro atoms. The van der Waals surface area contributed by atoms with Crippen LogP contribution in [-0.4, -0.2) is 12.0 Å². The third kappa shape index (κ3) is 3.02. The first kappa shape index (κ1) is 13.3. The van der Waals surface area contributed by atoms with Crippen LogP contribution in [-0.2, 0) is 6.42 Å². The molecule has 0 aliphatic heterocycles. The molecule has 0 amide bonds. The second kappa shape index (κ2) is 6.19. The largest absolute Gasteiger partial charge is 0.313 e. The van der Waals surface area contributed by atoms with E-state index in [0.717, 1.165) is 17.5 Å². The molecule has 0 bridgehead atoms. The number of nitrogens with one attached hydrogen (secondary N) is 1. The molecule has 1 unspecified atom stereocenters. The smallest absolute Gasteiger partial charge is 0.0624 e. The number of benzene rings is 1. The Bertz CT molecular complexity index is 514. The SMILES string of the molecule is CNC(Cc1cccc(Cl)c1Cl)c1cccnc1. The summed E-state index contributed by atoms with van der Waals surface area (Å²) >= 11 is 12.2. The summed E-state index contributed by atoms with van der Waals surface area (Å²) in [5, 5.41) is 4.49. The Morgan fingerprint density at radius 1 is 1.22 bits per heavy atom. The molecule has 0 aliphatic carbocycles. The average Bonchev–Trinajstić information content (AvgIpc) is 2.41. The fourth-order valence-electron chi connectivity index (χ4n) is 1.89. The Balaban J connectivity index is 2.24. The van der Waals surface area contributed by atoms with Gasteiger partial charge in [0.15, 0.2) is 0 Å². The molecule has 1 atom stereocenters. The van der Waals surface area contributed by atoms with E-state index in [2.05, 4.69) is 10.3 Å². The van der Waals surface area contributed by atoms with E-state index in [-0.39, 0.29) is 6.04 Å². The van der Waals surface area contributed by atoms with Crippen LogP contribution in [0.4, 0.5) is 0 Å². The molecule has 0 fully saturated rings. The van der Waals surface area contributed by atoms with Gasteiger partial charge in [0.25, 0.3) is 0 Å². The summed E-state index contributed by atoms with van der Waals surface area (Å²) in [5.74, 6) is 0. The predicted molar refractivity (Wildman–Crippen MR) is 76.2 cm³/mol. The molecule has 2 nitrogen and oxygen atoms in total. The highest BCUT2D eigenvalue weighted by atomic mass is 35.5. The fraction of sp³-hybridized carbons (Fsp3) is 0.214. The van der Waals surface area contributed by atoms with Crippen LogP contribution in [0, 0.1) is 0 Å². The first-order chi connectivity index (χ1) is 8.72. The third-order valence-electron chi connectivity index (χ3n) is 2.89. The molecule has 0 aliphatic rings. The maximum Gasteiger partial charge on any atom is 0.0624 e. The Morgan fingerprint density at radius 3 is 2.72 bits per heavy atom. The van der Waals surface area contributed by atoms with E-state index in [0.29, 0.717) is 10.0 Å². The van der Waals surface area contributed by atoms with E-state index in [4.69, 9.17) is 23.2 Å². The third-order valence-corrected chi connectivity index (χ3v) is 3.75. The summed E-state index contributed by atoms with van der Waals surface area (Å²) < 4.78 is 0. The lowest BCUT2D eigenvalue weighted by Gasteiger charge is -2.17. The van der Waals surface area contributed by atoms with E-state index in [1.807, 2.05) is 37.5 Å². The minimum Gasteiger partial charge on any atom is -0.313 e. The van der Waals surface area contributed by atoms with Gasteiger partial charge in [0.1, 0.15) is 0 Å². The molecule has 4 heteroatoms. The highest BCUT2D eigenvalue weighted by molar-refractivity contribution is 6.42. The van der Waals surface area contributed by atoms with E-state index < -0.39 is 0 Å². The van der Waals surface area contributed by atoms with Crippen molar-refractivity contribution in [1.29, 1.82) is 0 Å². The summed E-state index contributed by atoms with van der Waals surface area (Å²) in [5.41, 5.74) is 2.17. The van der Waals surface area contributed by atoms with Crippen LogP contribution < -0.4 is 5.32 Å². The number of likely N-dealkylation sites (N-methyl/N-ethyl adjacent to an activating group) is 1. The lowest BCUT2D eigenvalue weighted by Crippen LogP contribution is -2.19. The van der Waals surface area contributed by atoms with Crippen LogP contribution in [0.5, 0.6) is 0 Å². The number of aromatic nitrogens is 1. The van der Waals surface area contributed by atoms with Gasteiger partial charge in [-0.15, -0.1) is 0 Å². The van der Waals surface area contributed by atoms with Crippen molar-refractivity contribution in [2.24, 2.45) is 0 Å². The zero-order valence-corrected chi connectivity index (χ0v) is 11.5. The molecule has 0 radical (unpaired) electrons. The fourth-order valence-corrected chi connectivity index (χ4v) is 2.29. The Kier molecular flexibility index (Phi) is 4.59. The number of nitrogens with zero attached hydrogens (tertiary/aromatic N) is 1. The van der Waals surface area contributed by atoms with Crippen LogP contribution in [0.25, 0.3) is 0 Å². The molecule has 0 saturated heterocycles. The molecular weight excluding hydrogens is 267 g/mol. The summed E-state index contributed by atoms with van der Waals surface area (Å²) in [6.07, 6.45) is 4.41. The summed E-state index contributed by atoms with van der Waals surface area (Å²) in [6, 6.07) is 9.86. The molecule has 18 heavy (non-hydrogen) atoms. The monoisotopic (exact) mass is 280 g/mol. The van der Waals surface area contributed by atoms with Gasteiger partial charge in [0, 0.05) is 18.4 Å². The van der Waals surface area contributed by atoms with Crippen molar-refractivity contribution >= 4 is 23.2 Å². The minimum absolute atomic E-state index is 0.176. The number of pyridine rings is 1. The van der Waals surface area contributed by atoms with Gasteiger partial charge in [-0.3, -0.25) is 4.98 Å². The molecule has 1 aromatic carbocycles. The van der Waals surface area contributed by atoms with Crippen LogP contribution in [0.2, 0.25) is 10.0 Å². The minimum atomic E-state index is 0.176. The standard InChI is InChI=1S/C14H14Cl2N2/c1-17-13(11-5-3-7-18-9-11)8-10-4-2-6-12(15)14(10)16/h2-7,9,13,17H,8H2,1H3. The van der Waals surface area contributed by atoms with E-state index >= 15 is 0 Å². The second-order valence-corrected chi connectivity index (χ2v) is 4.83.